The van der Waals surface area contributed by atoms with Gasteiger partial charge in [-0.2, -0.15) is 0 Å². The number of nitrogens with one attached hydrogen (secondary N) is 4. The fourth-order valence-electron chi connectivity index (χ4n) is 11.0. The molecule has 1 fully saturated rings. The molecule has 3 aromatic carbocycles. The summed E-state index contributed by atoms with van der Waals surface area (Å²) in [5, 5.41) is 66.6. The molecule has 7 rings (SSSR count). The highest BCUT2D eigenvalue weighted by Crippen LogP contribution is 2.52. The molecule has 0 aromatic heterocycles. The fourth-order valence-corrected chi connectivity index (χ4v) is 11.0. The Bertz CT molecular complexity index is 3370. The van der Waals surface area contributed by atoms with Crippen LogP contribution in [0.15, 0.2) is 54.6 Å². The molecule has 502 valence electrons. The Hall–Kier alpha value is -8.88. The van der Waals surface area contributed by atoms with Crippen LogP contribution in [0.3, 0.4) is 0 Å². The van der Waals surface area contributed by atoms with Crippen molar-refractivity contribution in [1.29, 1.82) is 0 Å². The topological polar surface area (TPSA) is 448 Å². The second-order valence-electron chi connectivity index (χ2n) is 22.8. The molecule has 30 nitrogen and oxygen atoms in total. The maximum Gasteiger partial charge on any atom is 0.407 e. The number of aromatic hydroxyl groups is 2. The zero-order valence-electron chi connectivity index (χ0n) is 51.6. The summed E-state index contributed by atoms with van der Waals surface area (Å²) in [5.74, 6) is -10.8. The van der Waals surface area contributed by atoms with E-state index < -0.39 is 168 Å². The van der Waals surface area contributed by atoms with Gasteiger partial charge in [0, 0.05) is 105 Å². The van der Waals surface area contributed by atoms with Gasteiger partial charge in [-0.1, -0.05) is 31.2 Å². The largest absolute Gasteiger partial charge is 0.507 e. The summed E-state index contributed by atoms with van der Waals surface area (Å²) in [4.78, 5) is 155. The highest BCUT2D eigenvalue weighted by atomic mass is 16.7. The van der Waals surface area contributed by atoms with Crippen LogP contribution in [0.4, 0.5) is 10.5 Å². The molecule has 0 bridgehead atoms. The molecule has 93 heavy (non-hydrogen) atoms. The van der Waals surface area contributed by atoms with Gasteiger partial charge in [0.2, 0.25) is 29.4 Å². The van der Waals surface area contributed by atoms with Crippen LogP contribution in [-0.2, 0) is 84.6 Å². The normalized spacial score (nSPS) is 20.7. The number of ketones is 5. The van der Waals surface area contributed by atoms with Gasteiger partial charge in [-0.3, -0.25) is 57.6 Å². The Labute approximate surface area is 532 Å². The predicted octanol–water partition coefficient (Wildman–Crippen LogP) is 0.330. The number of fused-ring (bicyclic) bond motifs is 3. The van der Waals surface area contributed by atoms with Gasteiger partial charge in [0.1, 0.15) is 48.0 Å². The number of primary amides is 1. The number of aliphatic hydroxyl groups is 3. The molecule has 3 aromatic rings. The Morgan fingerprint density at radius 1 is 0.806 bits per heavy atom. The van der Waals surface area contributed by atoms with E-state index in [0.29, 0.717) is 5.56 Å². The first kappa shape index (κ1) is 71.6. The zero-order valence-corrected chi connectivity index (χ0v) is 51.6. The van der Waals surface area contributed by atoms with Crippen molar-refractivity contribution in [2.75, 3.05) is 71.8 Å². The summed E-state index contributed by atoms with van der Waals surface area (Å²) in [7, 11) is 1.27. The number of hydrogen-bond donors (Lipinski definition) is 10. The van der Waals surface area contributed by atoms with Crippen molar-refractivity contribution in [1.82, 2.24) is 20.9 Å². The molecule has 1 saturated heterocycles. The standard InChI is InChI=1S/C63H76N6O24/c1-32(24-38(71)15-18-88-20-22-90-23-21-89-19-16-65-47(75)14-17-69-48(76)12-13-49(69)77)60(83)66-33(2)42(72)25-36(26-46(64)74)61(84)67-37-10-8-35(9-11-37)31-91-62(85)68-41-27-50(92-34(3)55(41)78)93-44-29-63(86,45(73)30-70)28-40-52(44)59(82)54-53(57(40)80)56(79)39-6-5-7-43(87-4)51(39)58(54)81/h5-13,32-34,36,41,44,50,55,70,78,80,82,86H,14-31H2,1-4H3,(H2,64,74)(H,65,75)(H,66,83)(H,67,84)(H,68,85)/t32-,33+,34-,36+,41-,44-,50-,55+,63-/m0/s1. The van der Waals surface area contributed by atoms with E-state index in [1.54, 1.807) is 0 Å². The van der Waals surface area contributed by atoms with Gasteiger partial charge in [-0.25, -0.2) is 4.79 Å². The minimum absolute atomic E-state index is 0.00862. The van der Waals surface area contributed by atoms with Crippen molar-refractivity contribution in [3.63, 3.8) is 0 Å². The minimum atomic E-state index is -2.43. The Morgan fingerprint density at radius 3 is 2.12 bits per heavy atom. The van der Waals surface area contributed by atoms with Crippen molar-refractivity contribution in [3.8, 4) is 17.2 Å². The predicted molar refractivity (Wildman–Crippen MR) is 320 cm³/mol. The third-order valence-electron chi connectivity index (χ3n) is 16.0. The Morgan fingerprint density at radius 2 is 1.46 bits per heavy atom. The van der Waals surface area contributed by atoms with Gasteiger partial charge in [0.25, 0.3) is 11.8 Å². The van der Waals surface area contributed by atoms with Crippen LogP contribution < -0.4 is 31.7 Å². The summed E-state index contributed by atoms with van der Waals surface area (Å²) in [6, 6.07) is 7.86. The van der Waals surface area contributed by atoms with Crippen LogP contribution in [0.25, 0.3) is 0 Å². The monoisotopic (exact) mass is 1300 g/mol. The molecule has 2 heterocycles. The Balaban J connectivity index is 0.819. The number of methoxy groups -OCH3 is 1. The number of anilines is 1. The number of phenols is 2. The number of rotatable bonds is 34. The van der Waals surface area contributed by atoms with Crippen LogP contribution >= 0.6 is 0 Å². The number of nitrogens with two attached hydrogens (primary N) is 1. The van der Waals surface area contributed by atoms with Gasteiger partial charge in [-0.05, 0) is 37.6 Å². The van der Waals surface area contributed by atoms with Crippen LogP contribution in [0, 0.1) is 11.8 Å². The molecule has 2 aliphatic heterocycles. The van der Waals surface area contributed by atoms with Gasteiger partial charge in [-0.15, -0.1) is 0 Å². The molecule has 9 atom stereocenters. The highest BCUT2D eigenvalue weighted by molar-refractivity contribution is 6.31. The lowest BCUT2D eigenvalue weighted by Gasteiger charge is -2.42. The number of carbonyl (C=O) groups excluding carboxylic acids is 12. The molecule has 0 radical (unpaired) electrons. The van der Waals surface area contributed by atoms with Crippen molar-refractivity contribution in [2.45, 2.75) is 121 Å². The van der Waals surface area contributed by atoms with E-state index in [9.17, 15) is 83.1 Å². The molecule has 0 unspecified atom stereocenters. The average molecular weight is 1300 g/mol. The van der Waals surface area contributed by atoms with Crippen molar-refractivity contribution in [3.05, 3.63) is 93.6 Å². The van der Waals surface area contributed by atoms with Gasteiger partial charge >= 0.3 is 6.09 Å². The second-order valence-corrected chi connectivity index (χ2v) is 22.8. The first-order chi connectivity index (χ1) is 44.2. The molecular formula is C63H76N6O24. The average Bonchev–Trinajstić information content (AvgIpc) is 0.789. The third kappa shape index (κ3) is 18.3. The molecule has 0 saturated carbocycles. The number of ether oxygens (including phenoxy) is 7. The van der Waals surface area contributed by atoms with Crippen LogP contribution in [0.5, 0.6) is 17.2 Å². The molecular weight excluding hydrogens is 1220 g/mol. The van der Waals surface area contributed by atoms with E-state index in [1.165, 1.54) is 70.3 Å². The van der Waals surface area contributed by atoms with E-state index in [1.807, 2.05) is 0 Å². The summed E-state index contributed by atoms with van der Waals surface area (Å²) in [5.41, 5.74) is 1.57. The minimum Gasteiger partial charge on any atom is -0.507 e. The molecule has 11 N–H and O–H groups in total. The smallest absolute Gasteiger partial charge is 0.407 e. The number of phenolic OH excluding ortho intramolecular Hbond substituents is 2. The van der Waals surface area contributed by atoms with Gasteiger partial charge in [0.15, 0.2) is 23.6 Å². The summed E-state index contributed by atoms with van der Waals surface area (Å²) in [6.07, 6.45) is -6.95. The number of alkyl carbamates (subject to hydrolysis) is 1. The maximum atomic E-state index is 14.1. The lowest BCUT2D eigenvalue weighted by molar-refractivity contribution is -0.249. The van der Waals surface area contributed by atoms with E-state index in [0.717, 1.165) is 17.1 Å². The molecule has 7 amide bonds. The van der Waals surface area contributed by atoms with Crippen LogP contribution in [-0.4, -0.2) is 204 Å². The molecule has 30 heteroatoms. The second kappa shape index (κ2) is 32.6. The van der Waals surface area contributed by atoms with Crippen LogP contribution in [0.1, 0.15) is 120 Å². The Kier molecular flexibility index (Phi) is 25.1. The van der Waals surface area contributed by atoms with Crippen molar-refractivity contribution < 1.29 is 116 Å². The van der Waals surface area contributed by atoms with E-state index in [4.69, 9.17) is 38.9 Å². The first-order valence-electron chi connectivity index (χ1n) is 30.0. The lowest BCUT2D eigenvalue weighted by atomic mass is 9.72. The number of amides is 7. The number of Topliss-reactive ketones (excluding diaryl/α,β-unsaturated/α-hetero) is 3. The van der Waals surface area contributed by atoms with Gasteiger partial charge < -0.3 is 85.7 Å². The molecule has 2 aliphatic carbocycles. The number of nitrogens with zero attached hydrogens (tertiary/aromatic N) is 1. The molecule has 4 aliphatic rings. The highest BCUT2D eigenvalue weighted by Gasteiger charge is 2.51. The van der Waals surface area contributed by atoms with Crippen LogP contribution in [0.2, 0.25) is 0 Å². The maximum absolute atomic E-state index is 14.1. The summed E-state index contributed by atoms with van der Waals surface area (Å²) >= 11 is 0. The number of carbonyl (C=O) groups is 12. The quantitative estimate of drug-likeness (QED) is 0.0171. The first-order valence-corrected chi connectivity index (χ1v) is 30.0. The summed E-state index contributed by atoms with van der Waals surface area (Å²) < 4.78 is 39.2. The van der Waals surface area contributed by atoms with E-state index in [-0.39, 0.29) is 130 Å². The SMILES string of the molecule is COc1cccc2c1C(=O)c1c(O)c3c(c(O)c1C2=O)C[C@@](O)(C(=O)CO)C[C@@H]3O[C@H]1C[C@H](NC(=O)OCc2ccc(NC(=O)[C@@H](CC(N)=O)CC(=O)[C@@H](C)NC(=O)[C@@H](C)CC(=O)CCOCCOCCOCCNC(=O)CCN3C(=O)C=CC3=O)cc2)[C@H](O)[C@H](C)O1. The number of aliphatic hydroxyl groups excluding tert-OH is 2. The third-order valence-corrected chi connectivity index (χ3v) is 16.0. The number of imide groups is 1. The van der Waals surface area contributed by atoms with Crippen molar-refractivity contribution >= 4 is 76.1 Å². The van der Waals surface area contributed by atoms with Gasteiger partial charge in [0.05, 0.1) is 93.7 Å². The molecule has 0 spiro atoms. The fraction of sp³-hybridized carbons (Fsp3) is 0.492. The lowest BCUT2D eigenvalue weighted by Crippen LogP contribution is -2.56. The number of benzene rings is 3. The zero-order chi connectivity index (χ0) is 67.8. The van der Waals surface area contributed by atoms with E-state index >= 15 is 0 Å². The van der Waals surface area contributed by atoms with Crippen molar-refractivity contribution in [2.24, 2.45) is 17.6 Å². The van der Waals surface area contributed by atoms with E-state index in [2.05, 4.69) is 21.3 Å². The number of hydrogen-bond acceptors (Lipinski definition) is 24. The summed E-state index contributed by atoms with van der Waals surface area (Å²) in [6.45, 7) is 4.24.